The summed E-state index contributed by atoms with van der Waals surface area (Å²) in [6, 6.07) is 10.3. The summed E-state index contributed by atoms with van der Waals surface area (Å²) in [6.07, 6.45) is 1.99. The quantitative estimate of drug-likeness (QED) is 0.862. The van der Waals surface area contributed by atoms with Crippen LogP contribution in [0.5, 0.6) is 0 Å². The van der Waals surface area contributed by atoms with Crippen LogP contribution < -0.4 is 5.32 Å². The Hall–Kier alpha value is -1.76. The van der Waals surface area contributed by atoms with Crippen LogP contribution in [0.1, 0.15) is 27.5 Å². The fourth-order valence-electron chi connectivity index (χ4n) is 3.93. The summed E-state index contributed by atoms with van der Waals surface area (Å²) in [5, 5.41) is 5.97. The van der Waals surface area contributed by atoms with Gasteiger partial charge in [-0.25, -0.2) is 4.98 Å². The van der Waals surface area contributed by atoms with Crippen LogP contribution in [0.25, 0.3) is 0 Å². The lowest BCUT2D eigenvalue weighted by molar-refractivity contribution is -0.0810. The van der Waals surface area contributed by atoms with Crippen molar-refractivity contribution in [3.8, 4) is 0 Å². The Kier molecular flexibility index (Phi) is 4.83. The van der Waals surface area contributed by atoms with E-state index in [4.69, 9.17) is 9.47 Å². The molecule has 0 spiro atoms. The number of thiazole rings is 1. The van der Waals surface area contributed by atoms with Crippen molar-refractivity contribution in [2.45, 2.75) is 25.0 Å². The molecule has 1 N–H and O–H groups in total. The Bertz CT molecular complexity index is 733. The zero-order chi connectivity index (χ0) is 17.2. The molecule has 4 rings (SSSR count). The van der Waals surface area contributed by atoms with Crippen molar-refractivity contribution in [2.24, 2.45) is 11.8 Å². The highest BCUT2D eigenvalue weighted by Gasteiger charge is 2.54. The summed E-state index contributed by atoms with van der Waals surface area (Å²) < 4.78 is 11.1. The third-order valence-corrected chi connectivity index (χ3v) is 6.02. The lowest BCUT2D eigenvalue weighted by Crippen LogP contribution is -2.62. The minimum absolute atomic E-state index is 0.0907. The van der Waals surface area contributed by atoms with E-state index in [1.165, 1.54) is 16.9 Å². The Morgan fingerprint density at radius 3 is 3.04 bits per heavy atom. The molecule has 5 nitrogen and oxygen atoms in total. The third kappa shape index (κ3) is 3.34. The van der Waals surface area contributed by atoms with Gasteiger partial charge in [0.1, 0.15) is 5.69 Å². The molecule has 0 bridgehead atoms. The number of rotatable bonds is 6. The van der Waals surface area contributed by atoms with Crippen molar-refractivity contribution in [1.82, 2.24) is 10.3 Å². The van der Waals surface area contributed by atoms with Crippen LogP contribution in [0.2, 0.25) is 0 Å². The van der Waals surface area contributed by atoms with E-state index in [1.807, 2.05) is 23.6 Å². The van der Waals surface area contributed by atoms with Crippen LogP contribution in [-0.2, 0) is 15.9 Å². The van der Waals surface area contributed by atoms with Crippen molar-refractivity contribution in [3.05, 3.63) is 52.0 Å². The highest BCUT2D eigenvalue weighted by Crippen LogP contribution is 2.43. The van der Waals surface area contributed by atoms with Gasteiger partial charge in [0.15, 0.2) is 0 Å². The number of hydrogen-bond donors (Lipinski definition) is 1. The second kappa shape index (κ2) is 7.23. The molecular formula is C19H22N2O3S. The summed E-state index contributed by atoms with van der Waals surface area (Å²) >= 11 is 1.53. The predicted molar refractivity (Wildman–Crippen MR) is 95.8 cm³/mol. The largest absolute Gasteiger partial charge is 0.384 e. The Morgan fingerprint density at radius 1 is 1.40 bits per heavy atom. The lowest BCUT2D eigenvalue weighted by Gasteiger charge is -2.47. The third-order valence-electron chi connectivity index (χ3n) is 5.17. The van der Waals surface area contributed by atoms with Crippen molar-refractivity contribution in [2.75, 3.05) is 20.3 Å². The topological polar surface area (TPSA) is 60.5 Å². The summed E-state index contributed by atoms with van der Waals surface area (Å²) in [7, 11) is 1.69. The number of carbonyl (C=O) groups excluding carboxylic acids is 1. The number of carbonyl (C=O) groups is 1. The molecule has 4 atom stereocenters. The molecule has 2 heterocycles. The maximum atomic E-state index is 12.6. The van der Waals surface area contributed by atoms with Gasteiger partial charge in [0, 0.05) is 43.4 Å². The molecule has 1 aliphatic carbocycles. The van der Waals surface area contributed by atoms with E-state index in [0.29, 0.717) is 18.2 Å². The minimum atomic E-state index is -0.0907. The van der Waals surface area contributed by atoms with Gasteiger partial charge in [-0.3, -0.25) is 4.79 Å². The molecule has 1 saturated carbocycles. The fourth-order valence-corrected chi connectivity index (χ4v) is 4.74. The zero-order valence-electron chi connectivity index (χ0n) is 14.2. The van der Waals surface area contributed by atoms with E-state index >= 15 is 0 Å². The Morgan fingerprint density at radius 2 is 2.24 bits per heavy atom. The number of nitrogens with one attached hydrogen (secondary N) is 1. The number of hydrogen-bond acceptors (Lipinski definition) is 5. The molecule has 1 aromatic carbocycles. The fraction of sp³-hybridized carbons (Fsp3) is 0.474. The summed E-state index contributed by atoms with van der Waals surface area (Å²) in [5.41, 5.74) is 1.71. The molecule has 2 aliphatic rings. The lowest BCUT2D eigenvalue weighted by atomic mass is 9.67. The first-order valence-electron chi connectivity index (χ1n) is 8.66. The number of methoxy groups -OCH3 is 1. The molecule has 2 fully saturated rings. The maximum Gasteiger partial charge on any atom is 0.271 e. The molecule has 1 saturated heterocycles. The van der Waals surface area contributed by atoms with Gasteiger partial charge in [-0.1, -0.05) is 30.3 Å². The van der Waals surface area contributed by atoms with Gasteiger partial charge in [-0.05, 0) is 12.0 Å². The molecule has 6 heteroatoms. The zero-order valence-corrected chi connectivity index (χ0v) is 15.0. The SMILES string of the molecule is COC[C@@H]1[C@H](NC(=O)c2csc(Cc3ccccc3)n2)[C@@H]2CCO[C@H]12. The molecule has 2 aromatic rings. The summed E-state index contributed by atoms with van der Waals surface area (Å²) in [4.78, 5) is 17.1. The van der Waals surface area contributed by atoms with E-state index in [9.17, 15) is 4.79 Å². The maximum absolute atomic E-state index is 12.6. The van der Waals surface area contributed by atoms with Gasteiger partial charge >= 0.3 is 0 Å². The first-order valence-corrected chi connectivity index (χ1v) is 9.54. The molecule has 0 unspecified atom stereocenters. The number of amides is 1. The first-order chi connectivity index (χ1) is 12.3. The Balaban J connectivity index is 1.40. The predicted octanol–water partition coefficient (Wildman–Crippen LogP) is 2.51. The number of aromatic nitrogens is 1. The van der Waals surface area contributed by atoms with Gasteiger partial charge in [0.05, 0.1) is 17.7 Å². The van der Waals surface area contributed by atoms with E-state index in [0.717, 1.165) is 24.5 Å². The normalized spacial score (nSPS) is 27.6. The molecule has 132 valence electrons. The van der Waals surface area contributed by atoms with Crippen molar-refractivity contribution in [1.29, 1.82) is 0 Å². The summed E-state index contributed by atoms with van der Waals surface area (Å²) in [6.45, 7) is 1.39. The number of benzene rings is 1. The average Bonchev–Trinajstić information content (AvgIpc) is 3.26. The molecule has 1 aromatic heterocycles. The van der Waals surface area contributed by atoms with Crippen LogP contribution in [0.15, 0.2) is 35.7 Å². The highest BCUT2D eigenvalue weighted by molar-refractivity contribution is 7.09. The van der Waals surface area contributed by atoms with Crippen LogP contribution in [-0.4, -0.2) is 43.4 Å². The first kappa shape index (κ1) is 16.7. The smallest absolute Gasteiger partial charge is 0.271 e. The van der Waals surface area contributed by atoms with Gasteiger partial charge in [0.2, 0.25) is 0 Å². The molecular weight excluding hydrogens is 336 g/mol. The molecule has 1 aliphatic heterocycles. The highest BCUT2D eigenvalue weighted by atomic mass is 32.1. The van der Waals surface area contributed by atoms with E-state index < -0.39 is 0 Å². The van der Waals surface area contributed by atoms with E-state index in [-0.39, 0.29) is 24.0 Å². The second-order valence-electron chi connectivity index (χ2n) is 6.70. The van der Waals surface area contributed by atoms with Gasteiger partial charge in [0.25, 0.3) is 5.91 Å². The molecule has 1 amide bonds. The average molecular weight is 358 g/mol. The van der Waals surface area contributed by atoms with Gasteiger partial charge in [-0.2, -0.15) is 0 Å². The number of fused-ring (bicyclic) bond motifs is 1. The molecule has 0 radical (unpaired) electrons. The minimum Gasteiger partial charge on any atom is -0.384 e. The standard InChI is InChI=1S/C19H22N2O3S/c1-23-10-14-17(13-7-8-24-18(13)14)21-19(22)15-11-25-16(20-15)9-12-5-3-2-4-6-12/h2-6,11,13-14,17-18H,7-10H2,1H3,(H,21,22)/t13-,14+,17+,18-/m0/s1. The summed E-state index contributed by atoms with van der Waals surface area (Å²) in [5.74, 6) is 0.558. The Labute approximate surface area is 151 Å². The van der Waals surface area contributed by atoms with Gasteiger partial charge in [-0.15, -0.1) is 11.3 Å². The van der Waals surface area contributed by atoms with Crippen molar-refractivity contribution >= 4 is 17.2 Å². The van der Waals surface area contributed by atoms with Crippen LogP contribution in [0, 0.1) is 11.8 Å². The van der Waals surface area contributed by atoms with Crippen molar-refractivity contribution < 1.29 is 14.3 Å². The van der Waals surface area contributed by atoms with Gasteiger partial charge < -0.3 is 14.8 Å². The monoisotopic (exact) mass is 358 g/mol. The van der Waals surface area contributed by atoms with Crippen molar-refractivity contribution in [3.63, 3.8) is 0 Å². The van der Waals surface area contributed by atoms with Crippen LogP contribution in [0.4, 0.5) is 0 Å². The number of nitrogens with zero attached hydrogens (tertiary/aromatic N) is 1. The number of ether oxygens (including phenoxy) is 2. The van der Waals surface area contributed by atoms with E-state index in [1.54, 1.807) is 7.11 Å². The molecule has 25 heavy (non-hydrogen) atoms. The van der Waals surface area contributed by atoms with E-state index in [2.05, 4.69) is 22.4 Å². The van der Waals surface area contributed by atoms with Crippen LogP contribution in [0.3, 0.4) is 0 Å². The second-order valence-corrected chi connectivity index (χ2v) is 7.64. The van der Waals surface area contributed by atoms with Crippen LogP contribution >= 0.6 is 11.3 Å².